The van der Waals surface area contributed by atoms with Crippen LogP contribution in [-0.4, -0.2) is 26.9 Å². The number of nitrogens with one attached hydrogen (secondary N) is 2. The van der Waals surface area contributed by atoms with Gasteiger partial charge < -0.3 is 5.32 Å². The van der Waals surface area contributed by atoms with Crippen LogP contribution in [0.1, 0.15) is 5.82 Å². The fourth-order valence-corrected chi connectivity index (χ4v) is 1.10. The quantitative estimate of drug-likeness (QED) is 0.505. The van der Waals surface area contributed by atoms with Gasteiger partial charge in [0.15, 0.2) is 5.82 Å². The van der Waals surface area contributed by atoms with Crippen LogP contribution < -0.4 is 10.6 Å². The van der Waals surface area contributed by atoms with E-state index < -0.39 is 11.9 Å². The van der Waals surface area contributed by atoms with E-state index in [1.807, 2.05) is 5.32 Å². The smallest absolute Gasteiger partial charge is 0.303 e. The maximum absolute atomic E-state index is 11.1. The van der Waals surface area contributed by atoms with Gasteiger partial charge in [-0.15, -0.1) is 0 Å². The molecule has 0 bridgehead atoms. The number of halogens is 1. The van der Waals surface area contributed by atoms with E-state index in [0.717, 1.165) is 0 Å². The van der Waals surface area contributed by atoms with E-state index in [0.29, 0.717) is 0 Å². The number of urea groups is 1. The summed E-state index contributed by atoms with van der Waals surface area (Å²) in [6.45, 7) is 0. The van der Waals surface area contributed by atoms with Gasteiger partial charge in [-0.2, -0.15) is 4.98 Å². The Hall–Kier alpha value is -2.02. The number of carbonyl (C=O) groups excluding carboxylic acids is 2. The molecule has 15 heavy (non-hydrogen) atoms. The molecule has 0 atom stereocenters. The van der Waals surface area contributed by atoms with Crippen molar-refractivity contribution in [3.05, 3.63) is 23.1 Å². The molecule has 76 valence electrons. The van der Waals surface area contributed by atoms with E-state index in [1.165, 1.54) is 12.4 Å². The number of aromatic nitrogens is 3. The summed E-state index contributed by atoms with van der Waals surface area (Å²) >= 11 is 5.52. The van der Waals surface area contributed by atoms with Crippen LogP contribution in [0.25, 0.3) is 6.08 Å². The van der Waals surface area contributed by atoms with Crippen molar-refractivity contribution < 1.29 is 9.59 Å². The number of carbonyl (C=O) groups is 2. The summed E-state index contributed by atoms with van der Waals surface area (Å²) in [5.74, 6) is -0.334. The highest BCUT2D eigenvalue weighted by Gasteiger charge is 2.23. The third kappa shape index (κ3) is 2.08. The lowest BCUT2D eigenvalue weighted by Crippen LogP contribution is -2.22. The molecule has 2 N–H and O–H groups in total. The Balaban J connectivity index is 2.31. The van der Waals surface area contributed by atoms with E-state index >= 15 is 0 Å². The van der Waals surface area contributed by atoms with Crippen molar-refractivity contribution in [3.8, 4) is 0 Å². The summed E-state index contributed by atoms with van der Waals surface area (Å²) in [5.41, 5.74) is 0.0715. The predicted molar refractivity (Wildman–Crippen MR) is 49.5 cm³/mol. The third-order valence-corrected chi connectivity index (χ3v) is 1.74. The molecule has 2 heterocycles. The molecule has 0 radical (unpaired) electrons. The molecular formula is C7H4ClN5O2. The maximum atomic E-state index is 11.1. The summed E-state index contributed by atoms with van der Waals surface area (Å²) in [6, 6.07) is -0.577. The Labute approximate surface area is 88.6 Å². The Bertz CT molecular complexity index is 472. The first-order chi connectivity index (χ1) is 7.15. The fraction of sp³-hybridized carbons (Fsp3) is 0. The molecule has 1 fully saturated rings. The van der Waals surface area contributed by atoms with Crippen molar-refractivity contribution >= 4 is 29.6 Å². The van der Waals surface area contributed by atoms with Crippen LogP contribution >= 0.6 is 11.6 Å². The molecular weight excluding hydrogens is 222 g/mol. The molecule has 2 rings (SSSR count). The molecule has 0 saturated carbocycles. The van der Waals surface area contributed by atoms with Crippen LogP contribution in [0.2, 0.25) is 5.28 Å². The van der Waals surface area contributed by atoms with Gasteiger partial charge in [0.05, 0.1) is 0 Å². The number of rotatable bonds is 1. The third-order valence-electron chi connectivity index (χ3n) is 1.55. The summed E-state index contributed by atoms with van der Waals surface area (Å²) in [7, 11) is 0. The summed E-state index contributed by atoms with van der Waals surface area (Å²) in [6.07, 6.45) is 2.50. The number of amides is 3. The van der Waals surface area contributed by atoms with E-state index in [1.54, 1.807) is 0 Å². The molecule has 7 nitrogen and oxygen atoms in total. The maximum Gasteiger partial charge on any atom is 0.326 e. The topological polar surface area (TPSA) is 96.9 Å². The number of hydrogen-bond acceptors (Lipinski definition) is 5. The zero-order valence-electron chi connectivity index (χ0n) is 7.19. The van der Waals surface area contributed by atoms with Crippen LogP contribution in [0.3, 0.4) is 0 Å². The average molecular weight is 226 g/mol. The zero-order chi connectivity index (χ0) is 10.8. The van der Waals surface area contributed by atoms with Crippen molar-refractivity contribution in [2.45, 2.75) is 0 Å². The second-order valence-corrected chi connectivity index (χ2v) is 2.92. The van der Waals surface area contributed by atoms with Crippen molar-refractivity contribution in [2.75, 3.05) is 0 Å². The minimum Gasteiger partial charge on any atom is -0.303 e. The summed E-state index contributed by atoms with van der Waals surface area (Å²) in [4.78, 5) is 32.9. The second-order valence-electron chi connectivity index (χ2n) is 2.58. The van der Waals surface area contributed by atoms with Gasteiger partial charge in [0.1, 0.15) is 12.0 Å². The van der Waals surface area contributed by atoms with Crippen LogP contribution in [-0.2, 0) is 4.79 Å². The van der Waals surface area contributed by atoms with E-state index in [9.17, 15) is 9.59 Å². The molecule has 0 aromatic carbocycles. The molecule has 1 saturated heterocycles. The van der Waals surface area contributed by atoms with Crippen molar-refractivity contribution in [1.29, 1.82) is 0 Å². The number of nitrogens with zero attached hydrogens (tertiary/aromatic N) is 3. The van der Waals surface area contributed by atoms with Crippen LogP contribution in [0.5, 0.6) is 0 Å². The lowest BCUT2D eigenvalue weighted by atomic mass is 10.4. The molecule has 0 aliphatic carbocycles. The van der Waals surface area contributed by atoms with Gasteiger partial charge in [-0.1, -0.05) is 0 Å². The Morgan fingerprint density at radius 1 is 1.27 bits per heavy atom. The normalized spacial score (nSPS) is 17.8. The van der Waals surface area contributed by atoms with Gasteiger partial charge >= 0.3 is 6.03 Å². The summed E-state index contributed by atoms with van der Waals surface area (Å²) < 4.78 is 0. The number of hydrogen-bond donors (Lipinski definition) is 2. The highest BCUT2D eigenvalue weighted by Crippen LogP contribution is 2.04. The monoisotopic (exact) mass is 225 g/mol. The summed E-state index contributed by atoms with van der Waals surface area (Å²) in [5, 5.41) is 4.35. The zero-order valence-corrected chi connectivity index (χ0v) is 7.95. The molecule has 1 aliphatic rings. The molecule has 8 heteroatoms. The van der Waals surface area contributed by atoms with E-state index in [4.69, 9.17) is 11.6 Å². The van der Waals surface area contributed by atoms with Gasteiger partial charge in [0.2, 0.25) is 5.28 Å². The van der Waals surface area contributed by atoms with Gasteiger partial charge in [0, 0.05) is 6.08 Å². The van der Waals surface area contributed by atoms with Gasteiger partial charge in [-0.3, -0.25) is 10.1 Å². The second kappa shape index (κ2) is 3.62. The van der Waals surface area contributed by atoms with Crippen molar-refractivity contribution in [2.24, 2.45) is 0 Å². The SMILES string of the molecule is O=C1NC(=O)/C(=C\c2ncnc(Cl)n2)N1. The lowest BCUT2D eigenvalue weighted by Gasteiger charge is -1.93. The Morgan fingerprint density at radius 3 is 2.67 bits per heavy atom. The van der Waals surface area contributed by atoms with Crippen molar-refractivity contribution in [1.82, 2.24) is 25.6 Å². The predicted octanol–water partition coefficient (Wildman–Crippen LogP) is -0.295. The highest BCUT2D eigenvalue weighted by atomic mass is 35.5. The van der Waals surface area contributed by atoms with E-state index in [-0.39, 0.29) is 16.8 Å². The van der Waals surface area contributed by atoms with Crippen LogP contribution in [0, 0.1) is 0 Å². The minimum absolute atomic E-state index is 0.0154. The molecule has 1 aliphatic heterocycles. The van der Waals surface area contributed by atoms with Gasteiger partial charge in [0.25, 0.3) is 5.91 Å². The molecule has 1 aromatic rings. The van der Waals surface area contributed by atoms with Crippen LogP contribution in [0.4, 0.5) is 4.79 Å². The van der Waals surface area contributed by atoms with Crippen molar-refractivity contribution in [3.63, 3.8) is 0 Å². The first kappa shape index (κ1) is 9.53. The largest absolute Gasteiger partial charge is 0.326 e. The standard InChI is InChI=1S/C7H4ClN5O2/c8-6-10-2-9-4(12-6)1-3-5(14)13-7(15)11-3/h1-2H,(H2,11,13,14,15)/b3-1+. The molecule has 3 amide bonds. The lowest BCUT2D eigenvalue weighted by molar-refractivity contribution is -0.115. The first-order valence-corrected chi connectivity index (χ1v) is 4.21. The Morgan fingerprint density at radius 2 is 2.07 bits per heavy atom. The van der Waals surface area contributed by atoms with E-state index in [2.05, 4.69) is 20.3 Å². The van der Waals surface area contributed by atoms with Crippen LogP contribution in [0.15, 0.2) is 12.0 Å². The first-order valence-electron chi connectivity index (χ1n) is 3.84. The minimum atomic E-state index is -0.577. The fourth-order valence-electron chi connectivity index (χ4n) is 0.969. The highest BCUT2D eigenvalue weighted by molar-refractivity contribution is 6.28. The molecule has 1 aromatic heterocycles. The molecule has 0 unspecified atom stereocenters. The van der Waals surface area contributed by atoms with Gasteiger partial charge in [-0.05, 0) is 11.6 Å². The molecule has 0 spiro atoms. The number of imide groups is 1. The Kier molecular flexibility index (Phi) is 2.30. The average Bonchev–Trinajstić information content (AvgIpc) is 2.45. The van der Waals surface area contributed by atoms with Gasteiger partial charge in [-0.25, -0.2) is 14.8 Å².